The molecule has 0 bridgehead atoms. The van der Waals surface area contributed by atoms with E-state index in [-0.39, 0.29) is 11.4 Å². The minimum atomic E-state index is -0.161. The van der Waals surface area contributed by atoms with E-state index in [1.54, 1.807) is 0 Å². The van der Waals surface area contributed by atoms with Gasteiger partial charge >= 0.3 is 0 Å². The van der Waals surface area contributed by atoms with Crippen LogP contribution in [0.25, 0.3) is 0 Å². The Labute approximate surface area is 110 Å². The summed E-state index contributed by atoms with van der Waals surface area (Å²) in [5.74, 6) is 0.0522. The molecule has 106 valence electrons. The van der Waals surface area contributed by atoms with Crippen molar-refractivity contribution in [2.24, 2.45) is 0 Å². The van der Waals surface area contributed by atoms with E-state index in [2.05, 4.69) is 22.5 Å². The van der Waals surface area contributed by atoms with Gasteiger partial charge in [-0.15, -0.1) is 0 Å². The smallest absolute Gasteiger partial charge is 0.234 e. The third kappa shape index (κ3) is 6.93. The second-order valence-electron chi connectivity index (χ2n) is 5.99. The van der Waals surface area contributed by atoms with Crippen molar-refractivity contribution in [2.75, 3.05) is 39.4 Å². The van der Waals surface area contributed by atoms with Crippen LogP contribution in [0.5, 0.6) is 0 Å². The van der Waals surface area contributed by atoms with Gasteiger partial charge in [0.15, 0.2) is 0 Å². The van der Waals surface area contributed by atoms with Gasteiger partial charge in [-0.2, -0.15) is 0 Å². The molecule has 1 unspecified atom stereocenters. The van der Waals surface area contributed by atoms with Gasteiger partial charge in [0.05, 0.1) is 19.8 Å². The zero-order valence-corrected chi connectivity index (χ0v) is 12.1. The molecule has 1 saturated heterocycles. The average Bonchev–Trinajstić information content (AvgIpc) is 2.25. The van der Waals surface area contributed by atoms with E-state index in [1.807, 2.05) is 20.8 Å². The Morgan fingerprint density at radius 3 is 2.50 bits per heavy atom. The molecule has 5 nitrogen and oxygen atoms in total. The van der Waals surface area contributed by atoms with Crippen LogP contribution < -0.4 is 10.6 Å². The lowest BCUT2D eigenvalue weighted by Gasteiger charge is -2.29. The van der Waals surface area contributed by atoms with Crippen molar-refractivity contribution in [3.8, 4) is 0 Å². The maximum absolute atomic E-state index is 11.6. The van der Waals surface area contributed by atoms with Crippen LogP contribution in [0.15, 0.2) is 0 Å². The van der Waals surface area contributed by atoms with Crippen LogP contribution in [0.2, 0.25) is 0 Å². The van der Waals surface area contributed by atoms with Gasteiger partial charge in [-0.3, -0.25) is 9.69 Å². The van der Waals surface area contributed by atoms with E-state index < -0.39 is 0 Å². The fourth-order valence-electron chi connectivity index (χ4n) is 1.96. The van der Waals surface area contributed by atoms with Crippen LogP contribution in [0.4, 0.5) is 0 Å². The molecule has 0 aromatic rings. The van der Waals surface area contributed by atoms with Gasteiger partial charge in [0, 0.05) is 31.2 Å². The fourth-order valence-corrected chi connectivity index (χ4v) is 1.96. The average molecular weight is 257 g/mol. The first kappa shape index (κ1) is 15.4. The van der Waals surface area contributed by atoms with Gasteiger partial charge < -0.3 is 15.4 Å². The number of hydrogen-bond acceptors (Lipinski definition) is 4. The van der Waals surface area contributed by atoms with Crippen molar-refractivity contribution in [1.82, 2.24) is 15.5 Å². The van der Waals surface area contributed by atoms with Crippen molar-refractivity contribution in [1.29, 1.82) is 0 Å². The van der Waals surface area contributed by atoms with Crippen LogP contribution in [0.3, 0.4) is 0 Å². The van der Waals surface area contributed by atoms with E-state index in [9.17, 15) is 4.79 Å². The van der Waals surface area contributed by atoms with Gasteiger partial charge in [0.2, 0.25) is 5.91 Å². The number of carbonyl (C=O) groups is 1. The number of hydrogen-bond donors (Lipinski definition) is 2. The quantitative estimate of drug-likeness (QED) is 0.739. The zero-order valence-electron chi connectivity index (χ0n) is 12.1. The molecule has 18 heavy (non-hydrogen) atoms. The molecule has 1 amide bonds. The van der Waals surface area contributed by atoms with Gasteiger partial charge in [-0.25, -0.2) is 0 Å². The molecule has 1 aliphatic heterocycles. The Kier molecular flexibility index (Phi) is 6.05. The Morgan fingerprint density at radius 2 is 1.94 bits per heavy atom. The SMILES string of the molecule is CC(CN1CCOCC1)NCC(=O)NC(C)(C)C. The molecule has 2 N–H and O–H groups in total. The Bertz CT molecular complexity index is 257. The molecule has 0 saturated carbocycles. The highest BCUT2D eigenvalue weighted by molar-refractivity contribution is 5.78. The second-order valence-corrected chi connectivity index (χ2v) is 5.99. The highest BCUT2D eigenvalue weighted by Gasteiger charge is 2.16. The molecule has 0 aromatic carbocycles. The first-order chi connectivity index (χ1) is 8.37. The fraction of sp³-hybridized carbons (Fsp3) is 0.923. The van der Waals surface area contributed by atoms with Crippen molar-refractivity contribution in [3.05, 3.63) is 0 Å². The molecule has 0 radical (unpaired) electrons. The summed E-state index contributed by atoms with van der Waals surface area (Å²) >= 11 is 0. The predicted octanol–water partition coefficient (Wildman–Crippen LogP) is 0.211. The highest BCUT2D eigenvalue weighted by Crippen LogP contribution is 1.99. The molecule has 0 aliphatic carbocycles. The predicted molar refractivity (Wildman–Crippen MR) is 72.6 cm³/mol. The van der Waals surface area contributed by atoms with Crippen molar-refractivity contribution in [2.45, 2.75) is 39.3 Å². The van der Waals surface area contributed by atoms with Crippen LogP contribution >= 0.6 is 0 Å². The molecular formula is C13H27N3O2. The van der Waals surface area contributed by atoms with Gasteiger partial charge in [0.25, 0.3) is 0 Å². The second kappa shape index (κ2) is 7.07. The molecule has 5 heteroatoms. The number of nitrogens with zero attached hydrogens (tertiary/aromatic N) is 1. The van der Waals surface area contributed by atoms with E-state index in [0.29, 0.717) is 12.6 Å². The van der Waals surface area contributed by atoms with Crippen molar-refractivity contribution in [3.63, 3.8) is 0 Å². The number of amides is 1. The number of morpholine rings is 1. The topological polar surface area (TPSA) is 53.6 Å². The summed E-state index contributed by atoms with van der Waals surface area (Å²) < 4.78 is 5.31. The number of nitrogens with one attached hydrogen (secondary N) is 2. The minimum absolute atomic E-state index is 0.0522. The summed E-state index contributed by atoms with van der Waals surface area (Å²) in [6, 6.07) is 0.314. The monoisotopic (exact) mass is 257 g/mol. The van der Waals surface area contributed by atoms with Crippen molar-refractivity contribution < 1.29 is 9.53 Å². The molecule has 1 rings (SSSR count). The number of ether oxygens (including phenoxy) is 1. The summed E-state index contributed by atoms with van der Waals surface area (Å²) in [4.78, 5) is 14.0. The standard InChI is InChI=1S/C13H27N3O2/c1-11(10-16-5-7-18-8-6-16)14-9-12(17)15-13(2,3)4/h11,14H,5-10H2,1-4H3,(H,15,17). The molecule has 1 heterocycles. The molecule has 1 aliphatic rings. The van der Waals surface area contributed by atoms with Crippen LogP contribution in [-0.4, -0.2) is 61.8 Å². The summed E-state index contributed by atoms with van der Waals surface area (Å²) in [5.41, 5.74) is -0.161. The lowest BCUT2D eigenvalue weighted by molar-refractivity contribution is -0.121. The summed E-state index contributed by atoms with van der Waals surface area (Å²) in [6.07, 6.45) is 0. The van der Waals surface area contributed by atoms with E-state index in [0.717, 1.165) is 32.8 Å². The Balaban J connectivity index is 2.16. The Hall–Kier alpha value is -0.650. The molecular weight excluding hydrogens is 230 g/mol. The minimum Gasteiger partial charge on any atom is -0.379 e. The molecule has 0 spiro atoms. The molecule has 0 aromatic heterocycles. The highest BCUT2D eigenvalue weighted by atomic mass is 16.5. The van der Waals surface area contributed by atoms with Crippen LogP contribution in [0.1, 0.15) is 27.7 Å². The van der Waals surface area contributed by atoms with Gasteiger partial charge in [0.1, 0.15) is 0 Å². The summed E-state index contributed by atoms with van der Waals surface area (Å²) in [7, 11) is 0. The maximum atomic E-state index is 11.6. The van der Waals surface area contributed by atoms with E-state index >= 15 is 0 Å². The van der Waals surface area contributed by atoms with E-state index in [1.165, 1.54) is 0 Å². The largest absolute Gasteiger partial charge is 0.379 e. The molecule has 1 atom stereocenters. The van der Waals surface area contributed by atoms with Gasteiger partial charge in [-0.1, -0.05) is 0 Å². The number of rotatable bonds is 5. The third-order valence-electron chi connectivity index (χ3n) is 2.76. The molecule has 1 fully saturated rings. The first-order valence-electron chi connectivity index (χ1n) is 6.71. The third-order valence-corrected chi connectivity index (χ3v) is 2.76. The number of carbonyl (C=O) groups excluding carboxylic acids is 1. The van der Waals surface area contributed by atoms with Crippen molar-refractivity contribution >= 4 is 5.91 Å². The van der Waals surface area contributed by atoms with Gasteiger partial charge in [-0.05, 0) is 27.7 Å². The van der Waals surface area contributed by atoms with E-state index in [4.69, 9.17) is 4.74 Å². The maximum Gasteiger partial charge on any atom is 0.234 e. The lowest BCUT2D eigenvalue weighted by Crippen LogP contribution is -2.49. The summed E-state index contributed by atoms with van der Waals surface area (Å²) in [5, 5.41) is 6.20. The summed E-state index contributed by atoms with van der Waals surface area (Å²) in [6.45, 7) is 13.0. The van der Waals surface area contributed by atoms with Crippen LogP contribution in [0, 0.1) is 0 Å². The lowest BCUT2D eigenvalue weighted by atomic mass is 10.1. The zero-order chi connectivity index (χ0) is 13.6. The first-order valence-corrected chi connectivity index (χ1v) is 6.71. The normalized spacial score (nSPS) is 19.6. The Morgan fingerprint density at radius 1 is 1.33 bits per heavy atom. The van der Waals surface area contributed by atoms with Crippen LogP contribution in [-0.2, 0) is 9.53 Å².